The van der Waals surface area contributed by atoms with Crippen molar-refractivity contribution in [2.75, 3.05) is 25.6 Å². The van der Waals surface area contributed by atoms with Gasteiger partial charge in [0, 0.05) is 13.6 Å². The minimum Gasteiger partial charge on any atom is -0.495 e. The molecule has 3 heteroatoms. The molecule has 0 spiro atoms. The highest BCUT2D eigenvalue weighted by molar-refractivity contribution is 5.59. The lowest BCUT2D eigenvalue weighted by molar-refractivity contribution is 0.187. The van der Waals surface area contributed by atoms with Gasteiger partial charge in [-0.15, -0.1) is 0 Å². The summed E-state index contributed by atoms with van der Waals surface area (Å²) in [5, 5.41) is 0. The number of anilines is 1. The number of allylic oxidation sites excluding steroid dienone is 2. The van der Waals surface area contributed by atoms with Crippen molar-refractivity contribution in [1.82, 2.24) is 4.90 Å². The fourth-order valence-electron chi connectivity index (χ4n) is 5.03. The maximum Gasteiger partial charge on any atom is 0.142 e. The van der Waals surface area contributed by atoms with Gasteiger partial charge in [0.15, 0.2) is 0 Å². The molecular weight excluding hydrogens is 284 g/mol. The highest BCUT2D eigenvalue weighted by Crippen LogP contribution is 2.50. The molecule has 4 unspecified atom stereocenters. The first-order valence-electron chi connectivity index (χ1n) is 8.74. The molecule has 3 aliphatic rings. The second-order valence-corrected chi connectivity index (χ2v) is 7.06. The van der Waals surface area contributed by atoms with Crippen LogP contribution in [0.25, 0.3) is 0 Å². The number of methoxy groups -OCH3 is 1. The maximum atomic E-state index is 5.61. The summed E-state index contributed by atoms with van der Waals surface area (Å²) in [5.74, 6) is 2.61. The van der Waals surface area contributed by atoms with Crippen LogP contribution in [-0.4, -0.2) is 37.7 Å². The molecule has 1 aromatic carbocycles. The van der Waals surface area contributed by atoms with Crippen LogP contribution in [0.3, 0.4) is 0 Å². The molecule has 23 heavy (non-hydrogen) atoms. The first-order valence-corrected chi connectivity index (χ1v) is 8.74. The van der Waals surface area contributed by atoms with Gasteiger partial charge in [0.2, 0.25) is 0 Å². The highest BCUT2D eigenvalue weighted by Gasteiger charge is 2.51. The zero-order valence-electron chi connectivity index (χ0n) is 14.1. The Labute approximate surface area is 139 Å². The van der Waals surface area contributed by atoms with Crippen LogP contribution in [0, 0.1) is 11.8 Å². The Morgan fingerprint density at radius 3 is 2.74 bits per heavy atom. The van der Waals surface area contributed by atoms with Gasteiger partial charge in [-0.25, -0.2) is 0 Å². The van der Waals surface area contributed by atoms with Gasteiger partial charge in [-0.05, 0) is 55.5 Å². The molecule has 0 amide bonds. The second-order valence-electron chi connectivity index (χ2n) is 7.06. The van der Waals surface area contributed by atoms with Crippen LogP contribution < -0.4 is 9.64 Å². The van der Waals surface area contributed by atoms with Crippen LogP contribution >= 0.6 is 0 Å². The van der Waals surface area contributed by atoms with E-state index in [0.29, 0.717) is 12.1 Å². The van der Waals surface area contributed by atoms with E-state index < -0.39 is 0 Å². The van der Waals surface area contributed by atoms with Gasteiger partial charge in [-0.3, -0.25) is 0 Å². The summed E-state index contributed by atoms with van der Waals surface area (Å²) in [4.78, 5) is 5.04. The van der Waals surface area contributed by atoms with Gasteiger partial charge in [0.1, 0.15) is 5.75 Å². The summed E-state index contributed by atoms with van der Waals surface area (Å²) >= 11 is 0. The fourth-order valence-corrected chi connectivity index (χ4v) is 5.03. The lowest BCUT2D eigenvalue weighted by atomic mass is 9.87. The summed E-state index contributed by atoms with van der Waals surface area (Å²) in [6, 6.07) is 9.60. The van der Waals surface area contributed by atoms with Gasteiger partial charge in [0.25, 0.3) is 0 Å². The molecule has 4 rings (SSSR count). The Bertz CT molecular complexity index is 624. The molecule has 2 fully saturated rings. The zero-order valence-corrected chi connectivity index (χ0v) is 14.1. The highest BCUT2D eigenvalue weighted by atomic mass is 16.5. The third-order valence-corrected chi connectivity index (χ3v) is 5.97. The molecule has 1 aliphatic heterocycles. The summed E-state index contributed by atoms with van der Waals surface area (Å²) in [5.41, 5.74) is 1.22. The van der Waals surface area contributed by atoms with Crippen molar-refractivity contribution in [3.8, 4) is 5.75 Å². The Kier molecular flexibility index (Phi) is 3.80. The van der Waals surface area contributed by atoms with Crippen molar-refractivity contribution >= 4 is 5.69 Å². The van der Waals surface area contributed by atoms with Crippen LogP contribution in [0.2, 0.25) is 0 Å². The van der Waals surface area contributed by atoms with Crippen molar-refractivity contribution in [3.05, 3.63) is 48.7 Å². The van der Waals surface area contributed by atoms with Gasteiger partial charge >= 0.3 is 0 Å². The van der Waals surface area contributed by atoms with E-state index in [2.05, 4.69) is 59.5 Å². The van der Waals surface area contributed by atoms with Crippen molar-refractivity contribution in [3.63, 3.8) is 0 Å². The van der Waals surface area contributed by atoms with Crippen molar-refractivity contribution in [2.45, 2.75) is 31.3 Å². The minimum absolute atomic E-state index is 0.571. The average Bonchev–Trinajstić information content (AvgIpc) is 3.23. The van der Waals surface area contributed by atoms with E-state index in [1.807, 2.05) is 6.07 Å². The number of rotatable bonds is 4. The van der Waals surface area contributed by atoms with Crippen molar-refractivity contribution in [1.29, 1.82) is 0 Å². The number of ether oxygens (including phenoxy) is 1. The topological polar surface area (TPSA) is 15.7 Å². The van der Waals surface area contributed by atoms with E-state index in [0.717, 1.165) is 24.1 Å². The summed E-state index contributed by atoms with van der Waals surface area (Å²) < 4.78 is 5.61. The molecule has 0 radical (unpaired) electrons. The molecule has 4 atom stereocenters. The maximum absolute atomic E-state index is 5.61. The monoisotopic (exact) mass is 310 g/mol. The SMILES string of the molecule is COc1ccccc1N(C)C1C2CCC(C2)C1N1C=CC=CC1. The van der Waals surface area contributed by atoms with Crippen LogP contribution in [0.5, 0.6) is 5.75 Å². The number of benzene rings is 1. The molecule has 0 N–H and O–H groups in total. The van der Waals surface area contributed by atoms with Crippen LogP contribution in [-0.2, 0) is 0 Å². The van der Waals surface area contributed by atoms with Crippen LogP contribution in [0.1, 0.15) is 19.3 Å². The molecule has 122 valence electrons. The molecule has 1 aromatic rings. The van der Waals surface area contributed by atoms with Gasteiger partial charge < -0.3 is 14.5 Å². The van der Waals surface area contributed by atoms with E-state index in [1.54, 1.807) is 7.11 Å². The average molecular weight is 310 g/mol. The molecule has 2 bridgehead atoms. The number of fused-ring (bicyclic) bond motifs is 2. The predicted molar refractivity (Wildman–Crippen MR) is 94.8 cm³/mol. The van der Waals surface area contributed by atoms with Crippen molar-refractivity contribution < 1.29 is 4.74 Å². The van der Waals surface area contributed by atoms with Crippen molar-refractivity contribution in [2.24, 2.45) is 11.8 Å². The van der Waals surface area contributed by atoms with Gasteiger partial charge in [0.05, 0.1) is 24.9 Å². The van der Waals surface area contributed by atoms with Crippen LogP contribution in [0.4, 0.5) is 5.69 Å². The largest absolute Gasteiger partial charge is 0.495 e. The third-order valence-electron chi connectivity index (χ3n) is 5.97. The molecule has 0 aromatic heterocycles. The molecule has 0 saturated heterocycles. The molecule has 2 aliphatic carbocycles. The standard InChI is InChI=1S/C20H26N2O/c1-21(17-8-4-5-9-18(17)23-2)19-15-10-11-16(14-15)20(19)22-12-6-3-7-13-22/h3-9,12,15-16,19-20H,10-11,13-14H2,1-2H3. The smallest absolute Gasteiger partial charge is 0.142 e. The number of hydrogen-bond acceptors (Lipinski definition) is 3. The molecule has 3 nitrogen and oxygen atoms in total. The Morgan fingerprint density at radius 1 is 1.13 bits per heavy atom. The first-order chi connectivity index (χ1) is 11.3. The zero-order chi connectivity index (χ0) is 15.8. The lowest BCUT2D eigenvalue weighted by Gasteiger charge is -2.44. The predicted octanol–water partition coefficient (Wildman–Crippen LogP) is 3.68. The summed E-state index contributed by atoms with van der Waals surface area (Å²) in [6.45, 7) is 1.04. The Balaban J connectivity index is 1.65. The minimum atomic E-state index is 0.571. The van der Waals surface area contributed by atoms with E-state index in [-0.39, 0.29) is 0 Å². The van der Waals surface area contributed by atoms with E-state index in [1.165, 1.54) is 24.9 Å². The third kappa shape index (κ3) is 2.43. The number of nitrogens with zero attached hydrogens (tertiary/aromatic N) is 2. The van der Waals surface area contributed by atoms with Crippen LogP contribution in [0.15, 0.2) is 48.7 Å². The van der Waals surface area contributed by atoms with Gasteiger partial charge in [-0.1, -0.05) is 24.3 Å². The Hall–Kier alpha value is -1.90. The first kappa shape index (κ1) is 14.7. The normalized spacial score (nSPS) is 31.7. The van der Waals surface area contributed by atoms with E-state index >= 15 is 0 Å². The molecule has 2 saturated carbocycles. The van der Waals surface area contributed by atoms with E-state index in [9.17, 15) is 0 Å². The second kappa shape index (κ2) is 5.95. The lowest BCUT2D eigenvalue weighted by Crippen LogP contribution is -2.52. The van der Waals surface area contributed by atoms with Gasteiger partial charge in [-0.2, -0.15) is 0 Å². The number of likely N-dealkylation sites (N-methyl/N-ethyl adjacent to an activating group) is 1. The number of hydrogen-bond donors (Lipinski definition) is 0. The molecule has 1 heterocycles. The summed E-state index contributed by atoms with van der Waals surface area (Å²) in [7, 11) is 4.02. The Morgan fingerprint density at radius 2 is 1.96 bits per heavy atom. The van der Waals surface area contributed by atoms with E-state index in [4.69, 9.17) is 4.74 Å². The number of para-hydroxylation sites is 2. The quantitative estimate of drug-likeness (QED) is 0.843. The molecular formula is C20H26N2O. The summed E-state index contributed by atoms with van der Waals surface area (Å²) in [6.07, 6.45) is 13.0. The fraction of sp³-hybridized carbons (Fsp3) is 0.500.